The fourth-order valence-electron chi connectivity index (χ4n) is 1.22. The van der Waals surface area contributed by atoms with E-state index in [1.54, 1.807) is 18.2 Å². The fraction of sp³-hybridized carbons (Fsp3) is 0.273. The molecular weight excluding hydrogens is 232 g/mol. The first-order valence-corrected chi connectivity index (χ1v) is 4.90. The molecule has 5 heteroatoms. The van der Waals surface area contributed by atoms with E-state index < -0.39 is 11.8 Å². The monoisotopic (exact) mass is 242 g/mol. The number of ketones is 1. The Bertz CT molecular complexity index is 414. The number of carbonyl (C=O) groups excluding carboxylic acids is 2. The van der Waals surface area contributed by atoms with Crippen molar-refractivity contribution in [2.24, 2.45) is 0 Å². The van der Waals surface area contributed by atoms with Gasteiger partial charge in [0.2, 0.25) is 5.78 Å². The van der Waals surface area contributed by atoms with Crippen LogP contribution >= 0.6 is 11.6 Å². The van der Waals surface area contributed by atoms with Crippen LogP contribution < -0.4 is 4.74 Å². The fourth-order valence-corrected chi connectivity index (χ4v) is 1.39. The van der Waals surface area contributed by atoms with Crippen LogP contribution in [0, 0.1) is 0 Å². The molecule has 1 aromatic carbocycles. The lowest BCUT2D eigenvalue weighted by atomic mass is 10.1. The quantitative estimate of drug-likeness (QED) is 0.595. The van der Waals surface area contributed by atoms with Crippen LogP contribution in [0.3, 0.4) is 0 Å². The average molecular weight is 243 g/mol. The minimum Gasteiger partial charge on any atom is -0.496 e. The second-order valence-corrected chi connectivity index (χ2v) is 3.48. The number of esters is 1. The third kappa shape index (κ3) is 2.97. The highest BCUT2D eigenvalue weighted by Crippen LogP contribution is 2.23. The molecule has 0 N–H and O–H groups in total. The van der Waals surface area contributed by atoms with Gasteiger partial charge in [-0.25, -0.2) is 4.79 Å². The lowest BCUT2D eigenvalue weighted by Gasteiger charge is -2.07. The van der Waals surface area contributed by atoms with Crippen LogP contribution in [0.25, 0.3) is 0 Å². The van der Waals surface area contributed by atoms with Crippen LogP contribution in [-0.2, 0) is 20.7 Å². The largest absolute Gasteiger partial charge is 0.496 e. The number of carbonyl (C=O) groups is 2. The zero-order valence-corrected chi connectivity index (χ0v) is 9.71. The van der Waals surface area contributed by atoms with Gasteiger partial charge in [0, 0.05) is 17.0 Å². The van der Waals surface area contributed by atoms with Crippen molar-refractivity contribution >= 4 is 23.4 Å². The standard InChI is InChI=1S/C11H11ClO4/c1-15-10-6-8(12)4-3-7(10)5-9(13)11(14)16-2/h3-4,6H,5H2,1-2H3. The molecule has 16 heavy (non-hydrogen) atoms. The van der Waals surface area contributed by atoms with Crippen LogP contribution in [0.4, 0.5) is 0 Å². The van der Waals surface area contributed by atoms with Crippen molar-refractivity contribution in [2.45, 2.75) is 6.42 Å². The molecule has 0 unspecified atom stereocenters. The highest BCUT2D eigenvalue weighted by molar-refractivity contribution is 6.34. The predicted molar refractivity (Wildman–Crippen MR) is 58.7 cm³/mol. The van der Waals surface area contributed by atoms with Gasteiger partial charge in [-0.1, -0.05) is 17.7 Å². The molecule has 86 valence electrons. The highest BCUT2D eigenvalue weighted by atomic mass is 35.5. The van der Waals surface area contributed by atoms with Gasteiger partial charge in [-0.05, 0) is 12.1 Å². The molecule has 0 heterocycles. The van der Waals surface area contributed by atoms with Gasteiger partial charge in [0.1, 0.15) is 5.75 Å². The maximum atomic E-state index is 11.3. The number of rotatable bonds is 4. The van der Waals surface area contributed by atoms with Crippen LogP contribution in [-0.4, -0.2) is 26.0 Å². The third-order valence-electron chi connectivity index (χ3n) is 2.01. The number of methoxy groups -OCH3 is 2. The summed E-state index contributed by atoms with van der Waals surface area (Å²) >= 11 is 5.77. The highest BCUT2D eigenvalue weighted by Gasteiger charge is 2.16. The van der Waals surface area contributed by atoms with Gasteiger partial charge < -0.3 is 9.47 Å². The van der Waals surface area contributed by atoms with Crippen molar-refractivity contribution in [1.29, 1.82) is 0 Å². The second kappa shape index (κ2) is 5.51. The Hall–Kier alpha value is -1.55. The molecule has 1 rings (SSSR count). The lowest BCUT2D eigenvalue weighted by Crippen LogP contribution is -2.18. The lowest BCUT2D eigenvalue weighted by molar-refractivity contribution is -0.151. The number of hydrogen-bond donors (Lipinski definition) is 0. The van der Waals surface area contributed by atoms with Crippen LogP contribution in [0.15, 0.2) is 18.2 Å². The Kier molecular flexibility index (Phi) is 4.31. The van der Waals surface area contributed by atoms with Crippen molar-refractivity contribution in [3.05, 3.63) is 28.8 Å². The average Bonchev–Trinajstić information content (AvgIpc) is 2.30. The summed E-state index contributed by atoms with van der Waals surface area (Å²) in [6.45, 7) is 0. The molecule has 0 bridgehead atoms. The molecule has 0 fully saturated rings. The molecule has 0 radical (unpaired) electrons. The van der Waals surface area contributed by atoms with E-state index in [1.807, 2.05) is 0 Å². The van der Waals surface area contributed by atoms with E-state index in [2.05, 4.69) is 4.74 Å². The van der Waals surface area contributed by atoms with Crippen molar-refractivity contribution < 1.29 is 19.1 Å². The summed E-state index contributed by atoms with van der Waals surface area (Å²) in [5.41, 5.74) is 0.599. The van der Waals surface area contributed by atoms with Crippen LogP contribution in [0.5, 0.6) is 5.75 Å². The zero-order valence-electron chi connectivity index (χ0n) is 8.95. The first kappa shape index (κ1) is 12.5. The molecule has 0 aliphatic carbocycles. The molecule has 0 saturated carbocycles. The van der Waals surface area contributed by atoms with Crippen molar-refractivity contribution in [2.75, 3.05) is 14.2 Å². The first-order valence-electron chi connectivity index (χ1n) is 4.52. The number of ether oxygens (including phenoxy) is 2. The van der Waals surface area contributed by atoms with Crippen LogP contribution in [0.1, 0.15) is 5.56 Å². The summed E-state index contributed by atoms with van der Waals surface area (Å²) in [6, 6.07) is 4.85. The summed E-state index contributed by atoms with van der Waals surface area (Å²) in [7, 11) is 2.64. The van der Waals surface area contributed by atoms with E-state index in [9.17, 15) is 9.59 Å². The zero-order chi connectivity index (χ0) is 12.1. The summed E-state index contributed by atoms with van der Waals surface area (Å²) in [5, 5.41) is 0.506. The number of halogens is 1. The number of Topliss-reactive ketones (excluding diaryl/α,β-unsaturated/α-hetero) is 1. The number of benzene rings is 1. The molecular formula is C11H11ClO4. The van der Waals surface area contributed by atoms with Gasteiger partial charge >= 0.3 is 5.97 Å². The SMILES string of the molecule is COC(=O)C(=O)Cc1ccc(Cl)cc1OC. The minimum absolute atomic E-state index is 0.0625. The summed E-state index contributed by atoms with van der Waals surface area (Å²) in [5.74, 6) is -1.01. The van der Waals surface area contributed by atoms with E-state index >= 15 is 0 Å². The van der Waals surface area contributed by atoms with Crippen molar-refractivity contribution in [3.63, 3.8) is 0 Å². The van der Waals surface area contributed by atoms with Crippen molar-refractivity contribution in [3.8, 4) is 5.75 Å². The molecule has 0 spiro atoms. The molecule has 0 atom stereocenters. The van der Waals surface area contributed by atoms with Gasteiger partial charge in [0.05, 0.1) is 14.2 Å². The van der Waals surface area contributed by atoms with E-state index in [0.717, 1.165) is 0 Å². The topological polar surface area (TPSA) is 52.6 Å². The molecule has 0 aliphatic heterocycles. The summed E-state index contributed by atoms with van der Waals surface area (Å²) in [6.07, 6.45) is -0.0625. The smallest absolute Gasteiger partial charge is 0.374 e. The second-order valence-electron chi connectivity index (χ2n) is 3.05. The molecule has 0 aliphatic rings. The Morgan fingerprint density at radius 3 is 2.56 bits per heavy atom. The molecule has 4 nitrogen and oxygen atoms in total. The Morgan fingerprint density at radius 1 is 1.31 bits per heavy atom. The molecule has 0 amide bonds. The van der Waals surface area contributed by atoms with E-state index in [4.69, 9.17) is 16.3 Å². The third-order valence-corrected chi connectivity index (χ3v) is 2.25. The Labute approximate surface area is 98.1 Å². The summed E-state index contributed by atoms with van der Waals surface area (Å²) < 4.78 is 9.38. The Balaban J connectivity index is 2.89. The van der Waals surface area contributed by atoms with Crippen molar-refractivity contribution in [1.82, 2.24) is 0 Å². The molecule has 0 saturated heterocycles. The molecule has 0 aromatic heterocycles. The van der Waals surface area contributed by atoms with E-state index in [0.29, 0.717) is 16.3 Å². The van der Waals surface area contributed by atoms with Crippen LogP contribution in [0.2, 0.25) is 5.02 Å². The maximum absolute atomic E-state index is 11.3. The minimum atomic E-state index is -0.864. The van der Waals surface area contributed by atoms with E-state index in [-0.39, 0.29) is 6.42 Å². The van der Waals surface area contributed by atoms with Gasteiger partial charge in [-0.15, -0.1) is 0 Å². The maximum Gasteiger partial charge on any atom is 0.374 e. The van der Waals surface area contributed by atoms with Gasteiger partial charge in [-0.3, -0.25) is 4.79 Å². The normalized spacial score (nSPS) is 9.69. The van der Waals surface area contributed by atoms with Gasteiger partial charge in [0.15, 0.2) is 0 Å². The van der Waals surface area contributed by atoms with E-state index in [1.165, 1.54) is 14.2 Å². The first-order chi connectivity index (χ1) is 7.58. The summed E-state index contributed by atoms with van der Waals surface area (Å²) in [4.78, 5) is 22.3. The Morgan fingerprint density at radius 2 is 2.00 bits per heavy atom. The van der Waals surface area contributed by atoms with Gasteiger partial charge in [0.25, 0.3) is 0 Å². The number of hydrogen-bond acceptors (Lipinski definition) is 4. The van der Waals surface area contributed by atoms with Gasteiger partial charge in [-0.2, -0.15) is 0 Å². The predicted octanol–water partition coefficient (Wildman–Crippen LogP) is 1.63. The molecule has 1 aromatic rings.